The van der Waals surface area contributed by atoms with Gasteiger partial charge in [-0.25, -0.2) is 12.7 Å². The van der Waals surface area contributed by atoms with Crippen LogP contribution in [0, 0.1) is 0 Å². The molecule has 0 bridgehead atoms. The molecule has 0 N–H and O–H groups in total. The molecule has 1 atom stereocenters. The van der Waals surface area contributed by atoms with E-state index in [9.17, 15) is 21.6 Å². The van der Waals surface area contributed by atoms with Gasteiger partial charge >= 0.3 is 6.18 Å². The number of halogens is 3. The molecule has 1 aliphatic heterocycles. The van der Waals surface area contributed by atoms with Gasteiger partial charge < -0.3 is 4.90 Å². The van der Waals surface area contributed by atoms with Crippen molar-refractivity contribution in [2.45, 2.75) is 25.1 Å². The summed E-state index contributed by atoms with van der Waals surface area (Å²) in [5.41, 5.74) is -0.327. The minimum absolute atomic E-state index is 0.257. The number of benzene rings is 2. The number of anilines is 1. The summed E-state index contributed by atoms with van der Waals surface area (Å²) < 4.78 is 65.4. The van der Waals surface area contributed by atoms with Gasteiger partial charge in [-0.3, -0.25) is 0 Å². The molecule has 0 amide bonds. The maximum absolute atomic E-state index is 13.2. The van der Waals surface area contributed by atoms with Crippen LogP contribution in [0.3, 0.4) is 0 Å². The molecule has 2 aromatic carbocycles. The first kappa shape index (κ1) is 20.6. The third-order valence-electron chi connectivity index (χ3n) is 4.17. The van der Waals surface area contributed by atoms with E-state index in [2.05, 4.69) is 0 Å². The number of hydrogen-bond donors (Lipinski definition) is 0. The van der Waals surface area contributed by atoms with Gasteiger partial charge in [0.2, 0.25) is 10.0 Å². The third-order valence-corrected chi connectivity index (χ3v) is 6.54. The van der Waals surface area contributed by atoms with Gasteiger partial charge in [0.05, 0.1) is 11.8 Å². The monoisotopic (exact) mass is 428 g/mol. The summed E-state index contributed by atoms with van der Waals surface area (Å²) in [4.78, 5) is 2.43. The number of hydrogen-bond acceptors (Lipinski definition) is 4. The molecule has 0 aromatic heterocycles. The largest absolute Gasteiger partial charge is 0.416 e. The van der Waals surface area contributed by atoms with Crippen molar-refractivity contribution in [3.8, 4) is 0 Å². The molecule has 150 valence electrons. The average Bonchev–Trinajstić information content (AvgIpc) is 3.02. The Morgan fingerprint density at radius 2 is 1.79 bits per heavy atom. The summed E-state index contributed by atoms with van der Waals surface area (Å²) >= 11 is 1.29. The lowest BCUT2D eigenvalue weighted by Crippen LogP contribution is -2.44. The van der Waals surface area contributed by atoms with Crippen molar-refractivity contribution in [3.63, 3.8) is 0 Å². The predicted octanol–water partition coefficient (Wildman–Crippen LogP) is 4.87. The number of rotatable bonds is 5. The third kappa shape index (κ3) is 4.64. The molecule has 1 unspecified atom stereocenters. The van der Waals surface area contributed by atoms with Crippen LogP contribution in [0.25, 0.3) is 0 Å². The van der Waals surface area contributed by atoms with Gasteiger partial charge in [0, 0.05) is 23.3 Å². The molecule has 1 heterocycles. The molecular weight excluding hydrogens is 409 g/mol. The zero-order chi connectivity index (χ0) is 20.5. The lowest BCUT2D eigenvalue weighted by molar-refractivity contribution is -0.137. The highest BCUT2D eigenvalue weighted by Gasteiger charge is 2.36. The van der Waals surface area contributed by atoms with E-state index in [0.717, 1.165) is 28.9 Å². The fourth-order valence-corrected chi connectivity index (χ4v) is 5.34. The molecular formula is C19H19F3N2O2S2. The molecule has 28 heavy (non-hydrogen) atoms. The lowest BCUT2D eigenvalue weighted by atomic mass is 10.1. The van der Waals surface area contributed by atoms with Crippen LogP contribution < -0.4 is 4.90 Å². The average molecular weight is 429 g/mol. The van der Waals surface area contributed by atoms with Gasteiger partial charge in [-0.2, -0.15) is 13.2 Å². The molecule has 0 saturated heterocycles. The highest BCUT2D eigenvalue weighted by Crippen LogP contribution is 2.40. The van der Waals surface area contributed by atoms with Crippen LogP contribution in [-0.2, 0) is 22.7 Å². The van der Waals surface area contributed by atoms with Crippen molar-refractivity contribution in [1.29, 1.82) is 0 Å². The van der Waals surface area contributed by atoms with E-state index in [1.54, 1.807) is 17.9 Å². The first-order valence-electron chi connectivity index (χ1n) is 8.37. The second-order valence-electron chi connectivity index (χ2n) is 6.44. The van der Waals surface area contributed by atoms with E-state index < -0.39 is 27.3 Å². The molecule has 0 spiro atoms. The number of allylic oxidation sites excluding steroid dienone is 1. The van der Waals surface area contributed by atoms with Crippen LogP contribution in [0.5, 0.6) is 0 Å². The molecule has 0 radical (unpaired) electrons. The maximum atomic E-state index is 13.2. The summed E-state index contributed by atoms with van der Waals surface area (Å²) in [6, 6.07) is 14.2. The van der Waals surface area contributed by atoms with E-state index in [4.69, 9.17) is 0 Å². The molecule has 0 aliphatic carbocycles. The van der Waals surface area contributed by atoms with Crippen LogP contribution in [0.15, 0.2) is 65.7 Å². The summed E-state index contributed by atoms with van der Waals surface area (Å²) in [5.74, 6) is 0. The fraction of sp³-hybridized carbons (Fsp3) is 0.263. The Balaban J connectivity index is 2.06. The zero-order valence-electron chi connectivity index (χ0n) is 15.2. The predicted molar refractivity (Wildman–Crippen MR) is 106 cm³/mol. The topological polar surface area (TPSA) is 40.6 Å². The Kier molecular flexibility index (Phi) is 5.67. The highest BCUT2D eigenvalue weighted by atomic mass is 32.2. The Morgan fingerprint density at radius 1 is 1.11 bits per heavy atom. The Morgan fingerprint density at radius 3 is 2.39 bits per heavy atom. The van der Waals surface area contributed by atoms with Crippen LogP contribution in [0.2, 0.25) is 0 Å². The number of thioether (sulfide) groups is 1. The minimum atomic E-state index is -4.48. The van der Waals surface area contributed by atoms with Crippen molar-refractivity contribution >= 4 is 27.5 Å². The van der Waals surface area contributed by atoms with Crippen LogP contribution in [0.4, 0.5) is 18.9 Å². The van der Waals surface area contributed by atoms with Crippen molar-refractivity contribution < 1.29 is 21.6 Å². The van der Waals surface area contributed by atoms with Gasteiger partial charge in [-0.05, 0) is 30.7 Å². The minimum Gasteiger partial charge on any atom is -0.337 e. The van der Waals surface area contributed by atoms with Gasteiger partial charge in [-0.1, -0.05) is 48.2 Å². The summed E-state index contributed by atoms with van der Waals surface area (Å²) in [6.45, 7) is 2.03. The number of sulfonamides is 1. The first-order valence-corrected chi connectivity index (χ1v) is 11.1. The fourth-order valence-electron chi connectivity index (χ4n) is 2.89. The molecule has 2 aromatic rings. The highest BCUT2D eigenvalue weighted by molar-refractivity contribution is 8.04. The number of nitrogens with zero attached hydrogens (tertiary/aromatic N) is 2. The first-order chi connectivity index (χ1) is 13.1. The second-order valence-corrected chi connectivity index (χ2v) is 9.63. The summed E-state index contributed by atoms with van der Waals surface area (Å²) in [6.07, 6.45) is -1.89. The quantitative estimate of drug-likeness (QED) is 0.682. The zero-order valence-corrected chi connectivity index (χ0v) is 16.9. The van der Waals surface area contributed by atoms with Gasteiger partial charge in [0.25, 0.3) is 0 Å². The maximum Gasteiger partial charge on any atom is 0.416 e. The normalized spacial score (nSPS) is 17.5. The van der Waals surface area contributed by atoms with Crippen molar-refractivity contribution in [1.82, 2.24) is 4.31 Å². The second kappa shape index (κ2) is 7.71. The van der Waals surface area contributed by atoms with Crippen LogP contribution in [-0.4, -0.2) is 24.5 Å². The van der Waals surface area contributed by atoms with E-state index in [-0.39, 0.29) is 6.54 Å². The summed E-state index contributed by atoms with van der Waals surface area (Å²) in [7, 11) is -3.60. The summed E-state index contributed by atoms with van der Waals surface area (Å²) in [5, 5.41) is 0. The van der Waals surface area contributed by atoms with Gasteiger partial charge in [0.15, 0.2) is 5.50 Å². The molecule has 1 aliphatic rings. The van der Waals surface area contributed by atoms with E-state index in [0.29, 0.717) is 5.69 Å². The molecule has 4 nitrogen and oxygen atoms in total. The molecule has 9 heteroatoms. The smallest absolute Gasteiger partial charge is 0.337 e. The Hall–Kier alpha value is -2.13. The van der Waals surface area contributed by atoms with E-state index >= 15 is 0 Å². The lowest BCUT2D eigenvalue weighted by Gasteiger charge is -2.36. The van der Waals surface area contributed by atoms with Crippen LogP contribution in [0.1, 0.15) is 18.1 Å². The van der Waals surface area contributed by atoms with E-state index in [1.807, 2.05) is 30.3 Å². The van der Waals surface area contributed by atoms with Crippen molar-refractivity contribution in [2.75, 3.05) is 11.2 Å². The standard InChI is InChI=1S/C19H19F3N2O2S2/c1-14-12-24(28(2,25)26)18(27-14)23(13-15-7-4-3-5-8-15)17-10-6-9-16(11-17)19(20,21)22/h3-12,18H,13H2,1-2H3. The van der Waals surface area contributed by atoms with Crippen LogP contribution >= 0.6 is 11.8 Å². The Labute approximate surface area is 166 Å². The van der Waals surface area contributed by atoms with Gasteiger partial charge in [-0.15, -0.1) is 0 Å². The van der Waals surface area contributed by atoms with E-state index in [1.165, 1.54) is 28.3 Å². The van der Waals surface area contributed by atoms with Crippen molar-refractivity contribution in [3.05, 3.63) is 76.8 Å². The SMILES string of the molecule is CC1=CN(S(C)(=O)=O)C(N(Cc2ccccc2)c2cccc(C(F)(F)F)c2)S1. The molecule has 0 fully saturated rings. The van der Waals surface area contributed by atoms with Gasteiger partial charge in [0.1, 0.15) is 0 Å². The molecule has 0 saturated carbocycles. The number of alkyl halides is 3. The van der Waals surface area contributed by atoms with Crippen molar-refractivity contribution in [2.24, 2.45) is 0 Å². The molecule has 3 rings (SSSR count). The Bertz CT molecular complexity index is 976.